The van der Waals surface area contributed by atoms with Crippen LogP contribution in [-0.2, 0) is 19.1 Å². The Hall–Kier alpha value is -1.83. The summed E-state index contributed by atoms with van der Waals surface area (Å²) < 4.78 is 10.3. The first-order chi connectivity index (χ1) is 9.66. The normalized spacial score (nSPS) is 9.80. The van der Waals surface area contributed by atoms with Gasteiger partial charge in [-0.05, 0) is 12.0 Å². The fourth-order valence-corrected chi connectivity index (χ4v) is 1.22. The lowest BCUT2D eigenvalue weighted by atomic mass is 10.3. The first-order valence-electron chi connectivity index (χ1n) is 6.38. The number of nitrogens with one attached hydrogen (secondary N) is 1. The highest BCUT2D eigenvalue weighted by Gasteiger charge is 2.01. The van der Waals surface area contributed by atoms with E-state index in [-0.39, 0.29) is 24.7 Å². The molecular weight excluding hydrogens is 266 g/mol. The van der Waals surface area contributed by atoms with Gasteiger partial charge >= 0.3 is 0 Å². The van der Waals surface area contributed by atoms with E-state index in [0.29, 0.717) is 45.9 Å². The van der Waals surface area contributed by atoms with Crippen LogP contribution >= 0.6 is 0 Å². The highest BCUT2D eigenvalue weighted by molar-refractivity contribution is 5.76. The van der Waals surface area contributed by atoms with Crippen LogP contribution in [-0.4, -0.2) is 51.3 Å². The molecule has 3 N–H and O–H groups in total. The summed E-state index contributed by atoms with van der Waals surface area (Å²) in [7, 11) is 0. The first kappa shape index (κ1) is 18.2. The van der Waals surface area contributed by atoms with Gasteiger partial charge in [-0.3, -0.25) is 9.59 Å². The molecule has 0 aliphatic carbocycles. The van der Waals surface area contributed by atoms with Crippen molar-refractivity contribution in [1.29, 1.82) is 0 Å². The van der Waals surface area contributed by atoms with Crippen LogP contribution in [0, 0.1) is 0 Å². The number of amides is 2. The van der Waals surface area contributed by atoms with Gasteiger partial charge in [0.05, 0.1) is 26.4 Å². The summed E-state index contributed by atoms with van der Waals surface area (Å²) in [5, 5.41) is 5.97. The van der Waals surface area contributed by atoms with Gasteiger partial charge in [-0.15, -0.1) is 0 Å². The minimum Gasteiger partial charge on any atom is -0.379 e. The number of nitrogens with zero attached hydrogens (tertiary/aromatic N) is 3. The third-order valence-corrected chi connectivity index (χ3v) is 2.17. The molecule has 0 spiro atoms. The predicted octanol–water partition coefficient (Wildman–Crippen LogP) is 0.102. The minimum absolute atomic E-state index is 0.126. The molecule has 0 radical (unpaired) electrons. The zero-order valence-electron chi connectivity index (χ0n) is 11.4. The first-order valence-corrected chi connectivity index (χ1v) is 6.38. The molecule has 0 heterocycles. The molecule has 0 aromatic heterocycles. The third kappa shape index (κ3) is 14.2. The Bertz CT molecular complexity index is 331. The van der Waals surface area contributed by atoms with E-state index in [1.165, 1.54) is 0 Å². The van der Waals surface area contributed by atoms with Gasteiger partial charge in [0.15, 0.2) is 0 Å². The Labute approximate surface area is 117 Å². The van der Waals surface area contributed by atoms with Gasteiger partial charge in [0.25, 0.3) is 0 Å². The standard InChI is InChI=1S/C11H21N5O4/c12-10(17)2-1-4-14-11(18)3-6-19-8-9-20-7-5-15-16-13/h1-9H2,(H2,12,17)(H,14,18). The number of ether oxygens (including phenoxy) is 2. The van der Waals surface area contributed by atoms with E-state index in [9.17, 15) is 9.59 Å². The molecule has 0 atom stereocenters. The molecule has 0 fully saturated rings. The van der Waals surface area contributed by atoms with E-state index in [1.54, 1.807) is 0 Å². The summed E-state index contributed by atoms with van der Waals surface area (Å²) in [6.45, 7) is 2.16. The van der Waals surface area contributed by atoms with Gasteiger partial charge in [-0.1, -0.05) is 5.11 Å². The second-order valence-corrected chi connectivity index (χ2v) is 3.85. The van der Waals surface area contributed by atoms with Crippen molar-refractivity contribution in [2.75, 3.05) is 39.5 Å². The third-order valence-electron chi connectivity index (χ3n) is 2.17. The smallest absolute Gasteiger partial charge is 0.222 e. The topological polar surface area (TPSA) is 139 Å². The van der Waals surface area contributed by atoms with Gasteiger partial charge in [-0.25, -0.2) is 0 Å². The Morgan fingerprint density at radius 2 is 1.85 bits per heavy atom. The molecule has 114 valence electrons. The lowest BCUT2D eigenvalue weighted by Gasteiger charge is -2.06. The molecule has 0 saturated carbocycles. The summed E-state index contributed by atoms with van der Waals surface area (Å²) in [5.74, 6) is -0.498. The number of azide groups is 1. The molecule has 2 amide bonds. The van der Waals surface area contributed by atoms with E-state index in [1.807, 2.05) is 0 Å². The minimum atomic E-state index is -0.372. The number of hydrogen-bond acceptors (Lipinski definition) is 5. The molecule has 0 rings (SSSR count). The van der Waals surface area contributed by atoms with Gasteiger partial charge in [0.1, 0.15) is 0 Å². The number of carbonyl (C=O) groups excluding carboxylic acids is 2. The molecule has 0 aromatic rings. The summed E-state index contributed by atoms with van der Waals surface area (Å²) in [6, 6.07) is 0. The summed E-state index contributed by atoms with van der Waals surface area (Å²) in [6.07, 6.45) is 1.07. The van der Waals surface area contributed by atoms with Crippen molar-refractivity contribution >= 4 is 11.8 Å². The molecule has 0 aliphatic rings. The Balaban J connectivity index is 3.22. The Morgan fingerprint density at radius 3 is 2.50 bits per heavy atom. The van der Waals surface area contributed by atoms with Gasteiger partial charge in [-0.2, -0.15) is 0 Å². The van der Waals surface area contributed by atoms with Crippen LogP contribution in [0.3, 0.4) is 0 Å². The molecule has 9 nitrogen and oxygen atoms in total. The second-order valence-electron chi connectivity index (χ2n) is 3.85. The van der Waals surface area contributed by atoms with Crippen LogP contribution in [0.1, 0.15) is 19.3 Å². The van der Waals surface area contributed by atoms with Crippen LogP contribution in [0.15, 0.2) is 5.11 Å². The van der Waals surface area contributed by atoms with Crippen LogP contribution in [0.4, 0.5) is 0 Å². The second kappa shape index (κ2) is 13.6. The molecular formula is C11H21N5O4. The predicted molar refractivity (Wildman–Crippen MR) is 71.7 cm³/mol. The Morgan fingerprint density at radius 1 is 1.15 bits per heavy atom. The summed E-state index contributed by atoms with van der Waals surface area (Å²) >= 11 is 0. The van der Waals surface area contributed by atoms with Crippen molar-refractivity contribution in [2.24, 2.45) is 10.8 Å². The monoisotopic (exact) mass is 287 g/mol. The Kier molecular flexibility index (Phi) is 12.4. The fourth-order valence-electron chi connectivity index (χ4n) is 1.22. The van der Waals surface area contributed by atoms with E-state index in [2.05, 4.69) is 15.3 Å². The number of nitrogens with two attached hydrogens (primary N) is 1. The maximum absolute atomic E-state index is 11.3. The largest absolute Gasteiger partial charge is 0.379 e. The van der Waals surface area contributed by atoms with E-state index < -0.39 is 0 Å². The molecule has 0 aromatic carbocycles. The van der Waals surface area contributed by atoms with Gasteiger partial charge in [0.2, 0.25) is 11.8 Å². The van der Waals surface area contributed by atoms with Crippen molar-refractivity contribution in [1.82, 2.24) is 5.32 Å². The van der Waals surface area contributed by atoms with Crippen molar-refractivity contribution in [2.45, 2.75) is 19.3 Å². The van der Waals surface area contributed by atoms with Crippen molar-refractivity contribution < 1.29 is 19.1 Å². The molecule has 20 heavy (non-hydrogen) atoms. The maximum Gasteiger partial charge on any atom is 0.222 e. The average molecular weight is 287 g/mol. The van der Waals surface area contributed by atoms with Crippen LogP contribution in [0.25, 0.3) is 10.4 Å². The zero-order chi connectivity index (χ0) is 15.1. The van der Waals surface area contributed by atoms with E-state index >= 15 is 0 Å². The highest BCUT2D eigenvalue weighted by atomic mass is 16.5. The van der Waals surface area contributed by atoms with Crippen molar-refractivity contribution in [3.63, 3.8) is 0 Å². The van der Waals surface area contributed by atoms with Crippen LogP contribution in [0.5, 0.6) is 0 Å². The maximum atomic E-state index is 11.3. The lowest BCUT2D eigenvalue weighted by Crippen LogP contribution is -2.26. The number of hydrogen-bond donors (Lipinski definition) is 2. The quantitative estimate of drug-likeness (QED) is 0.214. The number of rotatable bonds is 13. The molecule has 9 heteroatoms. The lowest BCUT2D eigenvalue weighted by molar-refractivity contribution is -0.123. The van der Waals surface area contributed by atoms with E-state index in [4.69, 9.17) is 20.7 Å². The molecule has 0 saturated heterocycles. The molecule has 0 bridgehead atoms. The number of carbonyl (C=O) groups is 2. The van der Waals surface area contributed by atoms with Crippen molar-refractivity contribution in [3.05, 3.63) is 10.4 Å². The highest BCUT2D eigenvalue weighted by Crippen LogP contribution is 1.88. The summed E-state index contributed by atoms with van der Waals surface area (Å²) in [4.78, 5) is 24.3. The fraction of sp³-hybridized carbons (Fsp3) is 0.818. The SMILES string of the molecule is [N-]=[N+]=NCCOCCOCCC(=O)NCCCC(N)=O. The van der Waals surface area contributed by atoms with E-state index in [0.717, 1.165) is 0 Å². The average Bonchev–Trinajstić information content (AvgIpc) is 2.41. The van der Waals surface area contributed by atoms with Crippen molar-refractivity contribution in [3.8, 4) is 0 Å². The van der Waals surface area contributed by atoms with Crippen LogP contribution in [0.2, 0.25) is 0 Å². The summed E-state index contributed by atoms with van der Waals surface area (Å²) in [5.41, 5.74) is 13.0. The van der Waals surface area contributed by atoms with Gasteiger partial charge < -0.3 is 20.5 Å². The zero-order valence-corrected chi connectivity index (χ0v) is 11.4. The number of primary amides is 1. The molecule has 0 aliphatic heterocycles. The molecule has 0 unspecified atom stereocenters. The van der Waals surface area contributed by atoms with Gasteiger partial charge in [0, 0.05) is 30.8 Å². The van der Waals surface area contributed by atoms with Crippen LogP contribution < -0.4 is 11.1 Å².